The Morgan fingerprint density at radius 2 is 2.08 bits per heavy atom. The number of anilines is 1. The minimum atomic E-state index is -0.198. The molecule has 24 heavy (non-hydrogen) atoms. The molecule has 2 amide bonds. The van der Waals surface area contributed by atoms with Crippen LogP contribution in [0.4, 0.5) is 5.69 Å². The average Bonchev–Trinajstić information content (AvgIpc) is 3.20. The molecule has 0 spiro atoms. The monoisotopic (exact) mass is 325 g/mol. The highest BCUT2D eigenvalue weighted by molar-refractivity contribution is 6.01. The third kappa shape index (κ3) is 3.05. The Morgan fingerprint density at radius 3 is 2.62 bits per heavy atom. The van der Waals surface area contributed by atoms with E-state index in [-0.39, 0.29) is 17.4 Å². The van der Waals surface area contributed by atoms with E-state index in [2.05, 4.69) is 22.0 Å². The Hall–Kier alpha value is -2.96. The van der Waals surface area contributed by atoms with Crippen molar-refractivity contribution in [3.8, 4) is 0 Å². The number of amides is 2. The van der Waals surface area contributed by atoms with Gasteiger partial charge in [0, 0.05) is 24.8 Å². The van der Waals surface area contributed by atoms with Gasteiger partial charge in [0.25, 0.3) is 5.91 Å². The second-order valence-corrected chi connectivity index (χ2v) is 5.90. The molecule has 124 valence electrons. The van der Waals surface area contributed by atoms with Crippen LogP contribution in [0.1, 0.15) is 23.2 Å². The van der Waals surface area contributed by atoms with E-state index in [1.54, 1.807) is 37.6 Å². The van der Waals surface area contributed by atoms with E-state index < -0.39 is 0 Å². The molecule has 1 aromatic carbocycles. The van der Waals surface area contributed by atoms with Gasteiger partial charge in [-0.15, -0.1) is 0 Å². The van der Waals surface area contributed by atoms with Crippen LogP contribution in [0, 0.1) is 0 Å². The van der Waals surface area contributed by atoms with E-state index >= 15 is 0 Å². The highest BCUT2D eigenvalue weighted by atomic mass is 16.2. The van der Waals surface area contributed by atoms with Crippen LogP contribution in [0.2, 0.25) is 0 Å². The van der Waals surface area contributed by atoms with E-state index in [0.29, 0.717) is 17.8 Å². The van der Waals surface area contributed by atoms with Crippen molar-refractivity contribution in [2.24, 2.45) is 0 Å². The molecule has 0 bridgehead atoms. The summed E-state index contributed by atoms with van der Waals surface area (Å²) in [6.07, 6.45) is 6.38. The summed E-state index contributed by atoms with van der Waals surface area (Å²) >= 11 is 0. The predicted octanol–water partition coefficient (Wildman–Crippen LogP) is 1.35. The van der Waals surface area contributed by atoms with Gasteiger partial charge >= 0.3 is 0 Å². The fourth-order valence-corrected chi connectivity index (χ4v) is 2.53. The molecule has 0 radical (unpaired) electrons. The van der Waals surface area contributed by atoms with Gasteiger partial charge in [0.2, 0.25) is 5.91 Å². The molecule has 1 fully saturated rings. The molecule has 1 N–H and O–H groups in total. The minimum absolute atomic E-state index is 0.136. The number of nitrogens with one attached hydrogen (secondary N) is 1. The molecule has 0 aliphatic heterocycles. The highest BCUT2D eigenvalue weighted by Crippen LogP contribution is 2.41. The standard InChI is InChI=1S/C17H19N5O2/c1-3-15(23)21(2)14-6-4-13(5-7-14)16(24)19-10-17(8-9-17)22-12-18-11-20-22/h3-7,11-12H,1,8-10H2,2H3,(H,19,24). The van der Waals surface area contributed by atoms with E-state index in [4.69, 9.17) is 0 Å². The molecule has 1 aromatic heterocycles. The SMILES string of the molecule is C=CC(=O)N(C)c1ccc(C(=O)NCC2(n3cncn3)CC2)cc1. The first-order valence-electron chi connectivity index (χ1n) is 7.69. The zero-order valence-electron chi connectivity index (χ0n) is 13.5. The summed E-state index contributed by atoms with van der Waals surface area (Å²) in [6, 6.07) is 6.88. The van der Waals surface area contributed by atoms with Crippen molar-refractivity contribution in [1.82, 2.24) is 20.1 Å². The maximum atomic E-state index is 12.3. The summed E-state index contributed by atoms with van der Waals surface area (Å²) < 4.78 is 1.81. The first-order chi connectivity index (χ1) is 11.6. The van der Waals surface area contributed by atoms with Gasteiger partial charge in [0.1, 0.15) is 12.7 Å². The van der Waals surface area contributed by atoms with Crippen molar-refractivity contribution in [2.45, 2.75) is 18.4 Å². The number of rotatable bonds is 6. The van der Waals surface area contributed by atoms with Crippen LogP contribution in [0.25, 0.3) is 0 Å². The van der Waals surface area contributed by atoms with E-state index in [9.17, 15) is 9.59 Å². The first-order valence-corrected chi connectivity index (χ1v) is 7.69. The lowest BCUT2D eigenvalue weighted by Crippen LogP contribution is -2.36. The summed E-state index contributed by atoms with van der Waals surface area (Å²) in [5, 5.41) is 7.11. The summed E-state index contributed by atoms with van der Waals surface area (Å²) in [4.78, 5) is 29.3. The van der Waals surface area contributed by atoms with Gasteiger partial charge in [-0.05, 0) is 43.2 Å². The Morgan fingerprint density at radius 1 is 1.38 bits per heavy atom. The average molecular weight is 325 g/mol. The summed E-state index contributed by atoms with van der Waals surface area (Å²) in [7, 11) is 1.66. The third-order valence-electron chi connectivity index (χ3n) is 4.33. The maximum Gasteiger partial charge on any atom is 0.251 e. The Bertz CT molecular complexity index is 748. The molecule has 1 saturated carbocycles. The molecular formula is C17H19N5O2. The molecule has 3 rings (SSSR count). The third-order valence-corrected chi connectivity index (χ3v) is 4.33. The normalized spacial score (nSPS) is 14.7. The molecular weight excluding hydrogens is 306 g/mol. The molecule has 0 saturated heterocycles. The quantitative estimate of drug-likeness (QED) is 0.813. The van der Waals surface area contributed by atoms with Gasteiger partial charge in [-0.2, -0.15) is 5.10 Å². The van der Waals surface area contributed by atoms with Crippen molar-refractivity contribution in [1.29, 1.82) is 0 Å². The molecule has 1 aliphatic rings. The number of likely N-dealkylation sites (N-methyl/N-ethyl adjacent to an activating group) is 1. The minimum Gasteiger partial charge on any atom is -0.350 e. The van der Waals surface area contributed by atoms with Crippen molar-refractivity contribution in [3.05, 3.63) is 55.1 Å². The van der Waals surface area contributed by atoms with Crippen molar-refractivity contribution < 1.29 is 9.59 Å². The van der Waals surface area contributed by atoms with Crippen LogP contribution in [-0.4, -0.2) is 40.2 Å². The molecule has 1 heterocycles. The van der Waals surface area contributed by atoms with Crippen LogP contribution in [0.5, 0.6) is 0 Å². The van der Waals surface area contributed by atoms with Gasteiger partial charge in [0.05, 0.1) is 5.54 Å². The van der Waals surface area contributed by atoms with Crippen LogP contribution in [0.3, 0.4) is 0 Å². The van der Waals surface area contributed by atoms with Gasteiger partial charge < -0.3 is 10.2 Å². The molecule has 2 aromatic rings. The van der Waals surface area contributed by atoms with Crippen LogP contribution in [0.15, 0.2) is 49.6 Å². The van der Waals surface area contributed by atoms with Gasteiger partial charge in [-0.1, -0.05) is 6.58 Å². The van der Waals surface area contributed by atoms with E-state index in [1.165, 1.54) is 17.3 Å². The lowest BCUT2D eigenvalue weighted by atomic mass is 10.1. The van der Waals surface area contributed by atoms with Crippen molar-refractivity contribution in [2.75, 3.05) is 18.5 Å². The number of benzene rings is 1. The molecule has 7 heteroatoms. The van der Waals surface area contributed by atoms with E-state index in [1.807, 2.05) is 4.68 Å². The van der Waals surface area contributed by atoms with Gasteiger partial charge in [-0.25, -0.2) is 9.67 Å². The lowest BCUT2D eigenvalue weighted by molar-refractivity contribution is -0.113. The molecule has 0 unspecified atom stereocenters. The van der Waals surface area contributed by atoms with Gasteiger partial charge in [0.15, 0.2) is 0 Å². The van der Waals surface area contributed by atoms with Crippen molar-refractivity contribution in [3.63, 3.8) is 0 Å². The fraction of sp³-hybridized carbons (Fsp3) is 0.294. The number of nitrogens with zero attached hydrogens (tertiary/aromatic N) is 4. The Labute approximate surface area is 140 Å². The number of aromatic nitrogens is 3. The smallest absolute Gasteiger partial charge is 0.251 e. The van der Waals surface area contributed by atoms with E-state index in [0.717, 1.165) is 12.8 Å². The Balaban J connectivity index is 1.62. The molecule has 7 nitrogen and oxygen atoms in total. The lowest BCUT2D eigenvalue weighted by Gasteiger charge is -2.17. The molecule has 1 aliphatic carbocycles. The first kappa shape index (κ1) is 15.9. The summed E-state index contributed by atoms with van der Waals surface area (Å²) in [5.74, 6) is -0.346. The fourth-order valence-electron chi connectivity index (χ4n) is 2.53. The van der Waals surface area contributed by atoms with Crippen molar-refractivity contribution >= 4 is 17.5 Å². The number of carbonyl (C=O) groups is 2. The number of hydrogen-bond acceptors (Lipinski definition) is 4. The predicted molar refractivity (Wildman–Crippen MR) is 89.6 cm³/mol. The van der Waals surface area contributed by atoms with Crippen LogP contribution >= 0.6 is 0 Å². The zero-order valence-corrected chi connectivity index (χ0v) is 13.5. The van der Waals surface area contributed by atoms with Gasteiger partial charge in [-0.3, -0.25) is 9.59 Å². The summed E-state index contributed by atoms with van der Waals surface area (Å²) in [5.41, 5.74) is 1.12. The maximum absolute atomic E-state index is 12.3. The Kier molecular flexibility index (Phi) is 4.16. The topological polar surface area (TPSA) is 80.1 Å². The van der Waals surface area contributed by atoms with Crippen LogP contribution < -0.4 is 10.2 Å². The number of hydrogen-bond donors (Lipinski definition) is 1. The zero-order chi connectivity index (χ0) is 17.2. The van der Waals surface area contributed by atoms with Crippen LogP contribution in [-0.2, 0) is 10.3 Å². The largest absolute Gasteiger partial charge is 0.350 e. The summed E-state index contributed by atoms with van der Waals surface area (Å²) in [6.45, 7) is 3.98. The molecule has 0 atom stereocenters. The number of carbonyl (C=O) groups excluding carboxylic acids is 2. The highest BCUT2D eigenvalue weighted by Gasteiger charge is 2.45. The second kappa shape index (κ2) is 6.27. The second-order valence-electron chi connectivity index (χ2n) is 5.90.